The number of hydrogen-bond acceptors (Lipinski definition) is 12. The number of carbonyl (C=O) groups excluding carboxylic acids is 3. The molecule has 11 rings (SSSR count). The van der Waals surface area contributed by atoms with E-state index in [2.05, 4.69) is 80.3 Å². The SMILES string of the molecule is CCc1c(-c2ccc(-n3c(OC)nn(C)c3=O)cc2-c2ccc(N3CCC(N4CCN(c5cccc6c(C7CCC(=O)NC7=O)nn(C)c56)C[C@@H]4C)CC3)cc2)ccnc1N1CCN(c2cccnc2)C1=O. The van der Waals surface area contributed by atoms with Crippen LogP contribution in [0, 0.1) is 0 Å². The number of methoxy groups -OCH3 is 1. The van der Waals surface area contributed by atoms with Gasteiger partial charge in [-0.05, 0) is 103 Å². The third-order valence-electron chi connectivity index (χ3n) is 15.2. The molecule has 0 spiro atoms. The largest absolute Gasteiger partial charge is 0.467 e. The number of para-hydroxylation sites is 1. The van der Waals surface area contributed by atoms with E-state index in [-0.39, 0.29) is 29.5 Å². The van der Waals surface area contributed by atoms with E-state index < -0.39 is 5.92 Å². The van der Waals surface area contributed by atoms with Gasteiger partial charge in [0, 0.05) is 107 Å². The highest BCUT2D eigenvalue weighted by atomic mass is 16.5. The molecule has 4 aliphatic rings. The number of nitrogens with zero attached hydrogens (tertiary/aromatic N) is 12. The van der Waals surface area contributed by atoms with Crippen LogP contribution in [0.1, 0.15) is 56.7 Å². The molecular weight excluding hydrogens is 911 g/mol. The fourth-order valence-electron chi connectivity index (χ4n) is 11.6. The van der Waals surface area contributed by atoms with E-state index in [9.17, 15) is 19.2 Å². The number of carbonyl (C=O) groups is 3. The molecule has 3 aromatic carbocycles. The van der Waals surface area contributed by atoms with Gasteiger partial charge in [0.05, 0.1) is 47.5 Å². The van der Waals surface area contributed by atoms with Crippen LogP contribution in [0.2, 0.25) is 0 Å². The molecule has 8 heterocycles. The molecule has 1 N–H and O–H groups in total. The molecule has 4 amide bonds. The zero-order valence-corrected chi connectivity index (χ0v) is 41.4. The van der Waals surface area contributed by atoms with Crippen molar-refractivity contribution in [2.24, 2.45) is 14.1 Å². The lowest BCUT2D eigenvalue weighted by Gasteiger charge is -2.47. The predicted octanol–water partition coefficient (Wildman–Crippen LogP) is 6.30. The first-order chi connectivity index (χ1) is 35.0. The lowest BCUT2D eigenvalue weighted by atomic mass is 9.90. The molecule has 0 radical (unpaired) electrons. The Morgan fingerprint density at radius 3 is 2.26 bits per heavy atom. The first-order valence-electron chi connectivity index (χ1n) is 25.0. The number of pyridine rings is 2. The van der Waals surface area contributed by atoms with Crippen LogP contribution >= 0.6 is 0 Å². The van der Waals surface area contributed by atoms with Gasteiger partial charge in [-0.15, -0.1) is 5.10 Å². The zero-order chi connectivity index (χ0) is 49.8. The van der Waals surface area contributed by atoms with Gasteiger partial charge in [-0.3, -0.25) is 39.3 Å². The Hall–Kier alpha value is -7.86. The fraction of sp³-hybridized carbons (Fsp3) is 0.370. The second-order valence-corrected chi connectivity index (χ2v) is 19.3. The zero-order valence-electron chi connectivity index (χ0n) is 41.4. The number of amides is 4. The van der Waals surface area contributed by atoms with Crippen LogP contribution in [0.15, 0.2) is 102 Å². The van der Waals surface area contributed by atoms with Crippen LogP contribution in [0.3, 0.4) is 0 Å². The van der Waals surface area contributed by atoms with Crippen LogP contribution in [-0.2, 0) is 30.1 Å². The summed E-state index contributed by atoms with van der Waals surface area (Å²) in [5, 5.41) is 12.6. The second kappa shape index (κ2) is 19.0. The molecule has 18 heteroatoms. The van der Waals surface area contributed by atoms with E-state index in [1.165, 1.54) is 16.4 Å². The summed E-state index contributed by atoms with van der Waals surface area (Å²) in [5.41, 5.74) is 9.82. The minimum absolute atomic E-state index is 0.142. The second-order valence-electron chi connectivity index (χ2n) is 19.3. The number of ether oxygens (including phenoxy) is 1. The molecule has 1 unspecified atom stereocenters. The van der Waals surface area contributed by atoms with E-state index in [1.807, 2.05) is 54.2 Å². The number of urea groups is 1. The fourth-order valence-corrected chi connectivity index (χ4v) is 11.6. The van der Waals surface area contributed by atoms with Gasteiger partial charge in [-0.1, -0.05) is 37.3 Å². The number of benzene rings is 3. The molecule has 0 aliphatic carbocycles. The van der Waals surface area contributed by atoms with Gasteiger partial charge in [-0.25, -0.2) is 23.8 Å². The van der Waals surface area contributed by atoms with E-state index in [0.717, 1.165) is 107 Å². The number of piperazine rings is 1. The highest BCUT2D eigenvalue weighted by Gasteiger charge is 2.36. The molecule has 18 nitrogen and oxygen atoms in total. The Morgan fingerprint density at radius 2 is 1.53 bits per heavy atom. The van der Waals surface area contributed by atoms with Crippen molar-refractivity contribution in [1.29, 1.82) is 0 Å². The van der Waals surface area contributed by atoms with Gasteiger partial charge in [0.15, 0.2) is 0 Å². The highest BCUT2D eigenvalue weighted by molar-refractivity contribution is 6.07. The molecule has 4 fully saturated rings. The van der Waals surface area contributed by atoms with Gasteiger partial charge < -0.3 is 14.5 Å². The van der Waals surface area contributed by atoms with Gasteiger partial charge in [0.25, 0.3) is 0 Å². The van der Waals surface area contributed by atoms with E-state index >= 15 is 0 Å². The third kappa shape index (κ3) is 8.22. The number of aryl methyl sites for hydroxylation is 2. The molecule has 0 bridgehead atoms. The standard InChI is InChI=1S/C54H59N13O5/c1-6-40-42(20-24-56-50(40)66-30-29-65(54(66)71)39-9-8-23-55-32-39)41-17-16-38(67-52(72-5)59-61(4)53(67)70)31-45(41)35-12-14-36(15-13-35)62-25-21-37(22-26-62)64-28-27-63(33-34(64)2)46-11-7-10-43-48(58-60(3)49(43)46)44-18-19-47(68)57-51(44)69/h7-17,20,23-24,31-32,34,37,44H,6,18-19,21-22,25-30,33H2,1-5H3,(H,57,68,69)/t34-,44?/m0/s1. The van der Waals surface area contributed by atoms with Crippen LogP contribution < -0.4 is 35.3 Å². The molecular formula is C54H59N13O5. The predicted molar refractivity (Wildman–Crippen MR) is 277 cm³/mol. The van der Waals surface area contributed by atoms with Gasteiger partial charge in [0.2, 0.25) is 11.8 Å². The quantitative estimate of drug-likeness (QED) is 0.144. The Labute approximate surface area is 417 Å². The van der Waals surface area contributed by atoms with Crippen LogP contribution in [0.25, 0.3) is 38.8 Å². The first-order valence-corrected chi connectivity index (χ1v) is 25.0. The summed E-state index contributed by atoms with van der Waals surface area (Å²) in [5.74, 6) is -0.301. The first kappa shape index (κ1) is 46.5. The Morgan fingerprint density at radius 1 is 0.736 bits per heavy atom. The minimum atomic E-state index is -0.440. The lowest BCUT2D eigenvalue weighted by molar-refractivity contribution is -0.134. The average Bonchev–Trinajstić information content (AvgIpc) is 4.06. The van der Waals surface area contributed by atoms with Crippen molar-refractivity contribution in [3.63, 3.8) is 0 Å². The molecule has 7 aromatic rings. The van der Waals surface area contributed by atoms with Crippen molar-refractivity contribution in [1.82, 2.24) is 44.3 Å². The molecule has 72 heavy (non-hydrogen) atoms. The van der Waals surface area contributed by atoms with Crippen molar-refractivity contribution in [3.05, 3.63) is 119 Å². The lowest BCUT2D eigenvalue weighted by Crippen LogP contribution is -2.57. The number of imide groups is 1. The maximum atomic E-state index is 13.9. The Balaban J connectivity index is 0.820. The molecule has 4 aliphatic heterocycles. The number of anilines is 4. The smallest absolute Gasteiger partial charge is 0.353 e. The van der Waals surface area contributed by atoms with Gasteiger partial charge >= 0.3 is 17.7 Å². The number of piperidine rings is 2. The molecule has 0 saturated carbocycles. The van der Waals surface area contributed by atoms with E-state index in [4.69, 9.17) is 14.8 Å². The maximum absolute atomic E-state index is 13.9. The van der Waals surface area contributed by atoms with Crippen LogP contribution in [-0.4, -0.2) is 122 Å². The molecule has 4 saturated heterocycles. The summed E-state index contributed by atoms with van der Waals surface area (Å²) in [6.45, 7) is 10.0. The average molecular weight is 970 g/mol. The van der Waals surface area contributed by atoms with E-state index in [0.29, 0.717) is 55.9 Å². The van der Waals surface area contributed by atoms with Crippen LogP contribution in [0.5, 0.6) is 6.01 Å². The maximum Gasteiger partial charge on any atom is 0.353 e. The Kier molecular flexibility index (Phi) is 12.3. The summed E-state index contributed by atoms with van der Waals surface area (Å²) in [4.78, 5) is 72.3. The van der Waals surface area contributed by atoms with Crippen molar-refractivity contribution in [2.75, 3.05) is 72.5 Å². The molecule has 370 valence electrons. The monoisotopic (exact) mass is 969 g/mol. The summed E-state index contributed by atoms with van der Waals surface area (Å²) in [6.07, 6.45) is 8.70. The topological polar surface area (TPSA) is 172 Å². The van der Waals surface area contributed by atoms with Crippen molar-refractivity contribution >= 4 is 51.6 Å². The molecule has 4 aromatic heterocycles. The van der Waals surface area contributed by atoms with Gasteiger partial charge in [0.1, 0.15) is 5.82 Å². The number of hydrogen-bond donors (Lipinski definition) is 1. The Bertz CT molecular complexity index is 3270. The van der Waals surface area contributed by atoms with Crippen molar-refractivity contribution in [2.45, 2.75) is 64.0 Å². The van der Waals surface area contributed by atoms with Crippen LogP contribution in [0.4, 0.5) is 27.7 Å². The van der Waals surface area contributed by atoms with Crippen molar-refractivity contribution in [3.8, 4) is 34.0 Å². The summed E-state index contributed by atoms with van der Waals surface area (Å²) >= 11 is 0. The summed E-state index contributed by atoms with van der Waals surface area (Å²) in [6, 6.07) is 27.5. The number of nitrogens with one attached hydrogen (secondary N) is 1. The van der Waals surface area contributed by atoms with Crippen molar-refractivity contribution < 1.29 is 19.1 Å². The van der Waals surface area contributed by atoms with Gasteiger partial charge in [-0.2, -0.15) is 5.10 Å². The highest BCUT2D eigenvalue weighted by Crippen LogP contribution is 2.41. The minimum Gasteiger partial charge on any atom is -0.467 e. The third-order valence-corrected chi connectivity index (χ3v) is 15.2. The molecule has 2 atom stereocenters. The number of fused-ring (bicyclic) bond motifs is 1. The van der Waals surface area contributed by atoms with E-state index in [1.54, 1.807) is 35.4 Å². The number of aromatic nitrogens is 7. The number of rotatable bonds is 11. The summed E-state index contributed by atoms with van der Waals surface area (Å²) < 4.78 is 10.2. The normalized spacial score (nSPS) is 19.2. The summed E-state index contributed by atoms with van der Waals surface area (Å²) in [7, 11) is 5.06.